The van der Waals surface area contributed by atoms with Crippen molar-refractivity contribution in [3.63, 3.8) is 0 Å². The van der Waals surface area contributed by atoms with Crippen LogP contribution >= 0.6 is 11.8 Å². The van der Waals surface area contributed by atoms with Gasteiger partial charge in [0, 0.05) is 17.5 Å². The van der Waals surface area contributed by atoms with Gasteiger partial charge in [-0.05, 0) is 49.9 Å². The zero-order chi connectivity index (χ0) is 13.7. The Kier molecular flexibility index (Phi) is 5.71. The lowest BCUT2D eigenvalue weighted by Crippen LogP contribution is -2.18. The number of aromatic nitrogens is 1. The molecule has 1 fully saturated rings. The second-order valence-electron chi connectivity index (χ2n) is 5.72. The highest BCUT2D eigenvalue weighted by Gasteiger charge is 2.20. The van der Waals surface area contributed by atoms with Gasteiger partial charge in [-0.2, -0.15) is 0 Å². The third-order valence-electron chi connectivity index (χ3n) is 3.94. The van der Waals surface area contributed by atoms with Crippen LogP contribution in [0.25, 0.3) is 0 Å². The van der Waals surface area contributed by atoms with Crippen LogP contribution in [0, 0.1) is 5.92 Å². The largest absolute Gasteiger partial charge is 0.310 e. The van der Waals surface area contributed by atoms with Crippen molar-refractivity contribution in [1.29, 1.82) is 0 Å². The summed E-state index contributed by atoms with van der Waals surface area (Å²) >= 11 is 1.98. The van der Waals surface area contributed by atoms with Crippen LogP contribution < -0.4 is 5.32 Å². The fraction of sp³-hybridized carbons (Fsp3) is 0.688. The van der Waals surface area contributed by atoms with Crippen molar-refractivity contribution >= 4 is 11.8 Å². The Morgan fingerprint density at radius 1 is 1.47 bits per heavy atom. The molecule has 0 aromatic carbocycles. The van der Waals surface area contributed by atoms with E-state index in [9.17, 15) is 0 Å². The second-order valence-corrected chi connectivity index (χ2v) is 7.04. The molecule has 1 aromatic rings. The molecule has 2 nitrogen and oxygen atoms in total. The van der Waals surface area contributed by atoms with Crippen molar-refractivity contribution in [3.8, 4) is 0 Å². The summed E-state index contributed by atoms with van der Waals surface area (Å²) in [6, 6.07) is 4.80. The van der Waals surface area contributed by atoms with Crippen molar-refractivity contribution < 1.29 is 0 Å². The maximum absolute atomic E-state index is 4.54. The molecule has 1 aromatic heterocycles. The summed E-state index contributed by atoms with van der Waals surface area (Å²) in [4.78, 5) is 4.54. The summed E-state index contributed by atoms with van der Waals surface area (Å²) in [5.41, 5.74) is 1.35. The Morgan fingerprint density at radius 2 is 2.32 bits per heavy atom. The first kappa shape index (κ1) is 14.9. The summed E-state index contributed by atoms with van der Waals surface area (Å²) in [5.74, 6) is 0.884. The Balaban J connectivity index is 1.98. The van der Waals surface area contributed by atoms with Gasteiger partial charge in [-0.15, -0.1) is 11.8 Å². The van der Waals surface area contributed by atoms with Gasteiger partial charge in [0.1, 0.15) is 0 Å². The summed E-state index contributed by atoms with van der Waals surface area (Å²) in [6.07, 6.45) is 7.44. The minimum absolute atomic E-state index is 0.414. The van der Waals surface area contributed by atoms with Gasteiger partial charge in [-0.1, -0.05) is 26.7 Å². The molecule has 0 spiro atoms. The summed E-state index contributed by atoms with van der Waals surface area (Å²) in [6.45, 7) is 7.75. The van der Waals surface area contributed by atoms with Gasteiger partial charge in [0.25, 0.3) is 0 Å². The molecule has 0 aliphatic heterocycles. The van der Waals surface area contributed by atoms with Crippen LogP contribution in [0.2, 0.25) is 0 Å². The van der Waals surface area contributed by atoms with Crippen molar-refractivity contribution in [2.75, 3.05) is 6.54 Å². The molecule has 3 atom stereocenters. The SMILES string of the molecule is CCNC(C)c1ccnc(SC2CCCC(C)C2)c1. The molecule has 19 heavy (non-hydrogen) atoms. The fourth-order valence-corrected chi connectivity index (χ4v) is 4.22. The molecular formula is C16H26N2S. The molecule has 0 amide bonds. The summed E-state index contributed by atoms with van der Waals surface area (Å²) in [5, 5.41) is 5.42. The number of hydrogen-bond acceptors (Lipinski definition) is 3. The van der Waals surface area contributed by atoms with Crippen molar-refractivity contribution in [3.05, 3.63) is 23.9 Å². The molecular weight excluding hydrogens is 252 g/mol. The predicted molar refractivity (Wildman–Crippen MR) is 83.6 cm³/mol. The van der Waals surface area contributed by atoms with Gasteiger partial charge in [-0.25, -0.2) is 4.98 Å². The number of hydrogen-bond donors (Lipinski definition) is 1. The number of nitrogens with zero attached hydrogens (tertiary/aromatic N) is 1. The topological polar surface area (TPSA) is 24.9 Å². The Morgan fingerprint density at radius 3 is 3.05 bits per heavy atom. The quantitative estimate of drug-likeness (QED) is 0.863. The Labute approximate surface area is 121 Å². The van der Waals surface area contributed by atoms with E-state index in [1.54, 1.807) is 0 Å². The zero-order valence-corrected chi connectivity index (χ0v) is 13.2. The van der Waals surface area contributed by atoms with Crippen LogP contribution in [0.3, 0.4) is 0 Å². The molecule has 1 saturated carbocycles. The van der Waals surface area contributed by atoms with E-state index in [0.717, 1.165) is 17.7 Å². The van der Waals surface area contributed by atoms with Gasteiger partial charge in [0.15, 0.2) is 0 Å². The van der Waals surface area contributed by atoms with Gasteiger partial charge >= 0.3 is 0 Å². The fourth-order valence-electron chi connectivity index (χ4n) is 2.84. The maximum Gasteiger partial charge on any atom is 0.0965 e. The van der Waals surface area contributed by atoms with Crippen molar-refractivity contribution in [2.45, 2.75) is 62.8 Å². The Hall–Kier alpha value is -0.540. The first-order chi connectivity index (χ1) is 9.19. The number of rotatable bonds is 5. The van der Waals surface area contributed by atoms with E-state index >= 15 is 0 Å². The van der Waals surface area contributed by atoms with Crippen molar-refractivity contribution in [1.82, 2.24) is 10.3 Å². The molecule has 3 unspecified atom stereocenters. The van der Waals surface area contributed by atoms with Crippen LogP contribution in [0.4, 0.5) is 0 Å². The molecule has 1 aliphatic carbocycles. The van der Waals surface area contributed by atoms with E-state index in [1.165, 1.54) is 36.3 Å². The first-order valence-electron chi connectivity index (χ1n) is 7.55. The van der Waals surface area contributed by atoms with Gasteiger partial charge in [0.2, 0.25) is 0 Å². The highest BCUT2D eigenvalue weighted by Crippen LogP contribution is 2.35. The normalized spacial score (nSPS) is 25.2. The predicted octanol–water partition coefficient (Wildman–Crippen LogP) is 4.42. The van der Waals surface area contributed by atoms with Crippen molar-refractivity contribution in [2.24, 2.45) is 5.92 Å². The molecule has 0 saturated heterocycles. The van der Waals surface area contributed by atoms with E-state index in [-0.39, 0.29) is 0 Å². The molecule has 2 rings (SSSR count). The minimum atomic E-state index is 0.414. The van der Waals surface area contributed by atoms with E-state index in [4.69, 9.17) is 0 Å². The molecule has 106 valence electrons. The maximum atomic E-state index is 4.54. The minimum Gasteiger partial charge on any atom is -0.310 e. The smallest absolute Gasteiger partial charge is 0.0965 e. The third-order valence-corrected chi connectivity index (χ3v) is 5.17. The molecule has 3 heteroatoms. The summed E-state index contributed by atoms with van der Waals surface area (Å²) in [7, 11) is 0. The van der Waals surface area contributed by atoms with E-state index < -0.39 is 0 Å². The highest BCUT2D eigenvalue weighted by atomic mass is 32.2. The number of thioether (sulfide) groups is 1. The van der Waals surface area contributed by atoms with E-state index in [1.807, 2.05) is 18.0 Å². The Bertz CT molecular complexity index is 394. The lowest BCUT2D eigenvalue weighted by molar-refractivity contribution is 0.394. The van der Waals surface area contributed by atoms with Gasteiger partial charge in [-0.3, -0.25) is 0 Å². The standard InChI is InChI=1S/C16H26N2S/c1-4-17-13(3)14-8-9-18-16(11-14)19-15-7-5-6-12(2)10-15/h8-9,11-13,15,17H,4-7,10H2,1-3H3. The monoisotopic (exact) mass is 278 g/mol. The lowest BCUT2D eigenvalue weighted by Gasteiger charge is -2.26. The highest BCUT2D eigenvalue weighted by molar-refractivity contribution is 7.99. The van der Waals surface area contributed by atoms with Crippen LogP contribution in [-0.4, -0.2) is 16.8 Å². The summed E-state index contributed by atoms with van der Waals surface area (Å²) < 4.78 is 0. The molecule has 0 radical (unpaired) electrons. The number of pyridine rings is 1. The molecule has 1 N–H and O–H groups in total. The third kappa shape index (κ3) is 4.50. The van der Waals surface area contributed by atoms with Crippen LogP contribution in [0.5, 0.6) is 0 Å². The first-order valence-corrected chi connectivity index (χ1v) is 8.43. The zero-order valence-electron chi connectivity index (χ0n) is 12.4. The lowest BCUT2D eigenvalue weighted by atomic mass is 9.91. The van der Waals surface area contributed by atoms with Crippen LogP contribution in [-0.2, 0) is 0 Å². The average molecular weight is 278 g/mol. The molecule has 1 heterocycles. The van der Waals surface area contributed by atoms with E-state index in [2.05, 4.69) is 43.2 Å². The average Bonchev–Trinajstić information content (AvgIpc) is 2.39. The number of nitrogens with one attached hydrogen (secondary N) is 1. The van der Waals surface area contributed by atoms with E-state index in [0.29, 0.717) is 6.04 Å². The van der Waals surface area contributed by atoms with Crippen LogP contribution in [0.15, 0.2) is 23.4 Å². The molecule has 0 bridgehead atoms. The van der Waals surface area contributed by atoms with Crippen LogP contribution in [0.1, 0.15) is 58.1 Å². The van der Waals surface area contributed by atoms with Gasteiger partial charge < -0.3 is 5.32 Å². The second kappa shape index (κ2) is 7.30. The molecule has 1 aliphatic rings. The van der Waals surface area contributed by atoms with Gasteiger partial charge in [0.05, 0.1) is 5.03 Å².